The van der Waals surface area contributed by atoms with Gasteiger partial charge in [-0.15, -0.1) is 0 Å². The number of para-hydroxylation sites is 1. The molecule has 9 heteroatoms. The highest BCUT2D eigenvalue weighted by molar-refractivity contribution is 5.81. The molecule has 6 nitrogen and oxygen atoms in total. The number of aromatic nitrogens is 2. The van der Waals surface area contributed by atoms with Crippen LogP contribution in [0.2, 0.25) is 0 Å². The first kappa shape index (κ1) is 20.4. The normalized spacial score (nSPS) is 19.7. The Morgan fingerprint density at radius 3 is 2.63 bits per heavy atom. The summed E-state index contributed by atoms with van der Waals surface area (Å²) in [6.07, 6.45) is -2.35. The molecule has 2 aliphatic rings. The highest BCUT2D eigenvalue weighted by Gasteiger charge is 2.34. The van der Waals surface area contributed by atoms with E-state index in [0.717, 1.165) is 23.8 Å². The summed E-state index contributed by atoms with van der Waals surface area (Å²) < 4.78 is 44.9. The van der Waals surface area contributed by atoms with E-state index in [1.165, 1.54) is 6.92 Å². The van der Waals surface area contributed by atoms with Gasteiger partial charge in [0, 0.05) is 25.2 Å². The van der Waals surface area contributed by atoms with Crippen molar-refractivity contribution < 1.29 is 22.7 Å². The number of carbonyl (C=O) groups is 1. The molecular formula is C21H23F3N4O2. The SMILES string of the molecule is Cc1nc(N2CCC(NC(=O)[C@@H]3CCc4ccccc4O3)CC2)cc(C(F)(F)F)n1. The first-order valence-electron chi connectivity index (χ1n) is 10.0. The number of amides is 1. The summed E-state index contributed by atoms with van der Waals surface area (Å²) in [6.45, 7) is 2.47. The van der Waals surface area contributed by atoms with Gasteiger partial charge in [-0.05, 0) is 44.2 Å². The van der Waals surface area contributed by atoms with Gasteiger partial charge in [-0.3, -0.25) is 4.79 Å². The van der Waals surface area contributed by atoms with E-state index in [9.17, 15) is 18.0 Å². The minimum absolute atomic E-state index is 0.0421. The fourth-order valence-electron chi connectivity index (χ4n) is 3.91. The van der Waals surface area contributed by atoms with Crippen LogP contribution in [0, 0.1) is 6.92 Å². The Kier molecular flexibility index (Phi) is 5.53. The molecule has 1 fully saturated rings. The molecule has 1 aromatic heterocycles. The van der Waals surface area contributed by atoms with Gasteiger partial charge < -0.3 is 15.0 Å². The lowest BCUT2D eigenvalue weighted by Crippen LogP contribution is -2.49. The molecule has 0 saturated carbocycles. The summed E-state index contributed by atoms with van der Waals surface area (Å²) in [4.78, 5) is 22.1. The fraction of sp³-hybridized carbons (Fsp3) is 0.476. The van der Waals surface area contributed by atoms with Crippen LogP contribution in [0.4, 0.5) is 19.0 Å². The van der Waals surface area contributed by atoms with E-state index < -0.39 is 18.0 Å². The third-order valence-electron chi connectivity index (χ3n) is 5.49. The number of ether oxygens (including phenoxy) is 1. The van der Waals surface area contributed by atoms with E-state index in [-0.39, 0.29) is 23.6 Å². The van der Waals surface area contributed by atoms with Crippen molar-refractivity contribution in [3.8, 4) is 5.75 Å². The number of benzene rings is 1. The number of carbonyl (C=O) groups excluding carboxylic acids is 1. The summed E-state index contributed by atoms with van der Waals surface area (Å²) in [5, 5.41) is 3.04. The van der Waals surface area contributed by atoms with Crippen molar-refractivity contribution in [3.05, 3.63) is 47.4 Å². The van der Waals surface area contributed by atoms with Crippen LogP contribution in [0.1, 0.15) is 36.3 Å². The van der Waals surface area contributed by atoms with Crippen molar-refractivity contribution in [3.63, 3.8) is 0 Å². The number of fused-ring (bicyclic) bond motifs is 1. The van der Waals surface area contributed by atoms with Gasteiger partial charge in [0.25, 0.3) is 5.91 Å². The van der Waals surface area contributed by atoms with Crippen LogP contribution < -0.4 is 15.0 Å². The van der Waals surface area contributed by atoms with E-state index in [0.29, 0.717) is 32.4 Å². The summed E-state index contributed by atoms with van der Waals surface area (Å²) in [7, 11) is 0. The van der Waals surface area contributed by atoms with Gasteiger partial charge in [0.2, 0.25) is 0 Å². The topological polar surface area (TPSA) is 67.4 Å². The molecule has 160 valence electrons. The molecule has 1 N–H and O–H groups in total. The number of rotatable bonds is 3. The van der Waals surface area contributed by atoms with Crippen molar-refractivity contribution in [1.82, 2.24) is 15.3 Å². The second-order valence-corrected chi connectivity index (χ2v) is 7.68. The number of anilines is 1. The molecule has 2 aliphatic heterocycles. The molecular weight excluding hydrogens is 397 g/mol. The van der Waals surface area contributed by atoms with Crippen molar-refractivity contribution >= 4 is 11.7 Å². The fourth-order valence-corrected chi connectivity index (χ4v) is 3.91. The Morgan fingerprint density at radius 2 is 1.90 bits per heavy atom. The molecule has 1 aromatic carbocycles. The van der Waals surface area contributed by atoms with Crippen molar-refractivity contribution in [2.24, 2.45) is 0 Å². The highest BCUT2D eigenvalue weighted by atomic mass is 19.4. The Hall–Kier alpha value is -2.84. The van der Waals surface area contributed by atoms with Gasteiger partial charge >= 0.3 is 6.18 Å². The Labute approximate surface area is 172 Å². The Balaban J connectivity index is 1.33. The summed E-state index contributed by atoms with van der Waals surface area (Å²) in [6, 6.07) is 8.64. The molecule has 1 atom stereocenters. The van der Waals surface area contributed by atoms with Crippen molar-refractivity contribution in [1.29, 1.82) is 0 Å². The van der Waals surface area contributed by atoms with E-state index >= 15 is 0 Å². The minimum atomic E-state index is -4.51. The molecule has 0 spiro atoms. The molecule has 4 rings (SSSR count). The zero-order valence-electron chi connectivity index (χ0n) is 16.6. The van der Waals surface area contributed by atoms with Crippen LogP contribution in [0.5, 0.6) is 5.75 Å². The summed E-state index contributed by atoms with van der Waals surface area (Å²) in [5.74, 6) is 0.968. The summed E-state index contributed by atoms with van der Waals surface area (Å²) >= 11 is 0. The first-order valence-corrected chi connectivity index (χ1v) is 10.0. The van der Waals surface area contributed by atoms with Crippen LogP contribution in [0.25, 0.3) is 0 Å². The number of nitrogens with one attached hydrogen (secondary N) is 1. The molecule has 0 bridgehead atoms. The van der Waals surface area contributed by atoms with Crippen LogP contribution in [0.15, 0.2) is 30.3 Å². The molecule has 0 radical (unpaired) electrons. The van der Waals surface area contributed by atoms with Gasteiger partial charge in [-0.25, -0.2) is 9.97 Å². The molecule has 3 heterocycles. The average Bonchev–Trinajstić information content (AvgIpc) is 2.73. The standard InChI is InChI=1S/C21H23F3N4O2/c1-13-25-18(21(22,23)24)12-19(26-13)28-10-8-15(9-11-28)27-20(29)17-7-6-14-4-2-3-5-16(14)30-17/h2-5,12,15,17H,6-11H2,1H3,(H,27,29)/t17-/m0/s1. The monoisotopic (exact) mass is 420 g/mol. The second kappa shape index (κ2) is 8.12. The maximum atomic E-state index is 13.0. The predicted molar refractivity (Wildman–Crippen MR) is 104 cm³/mol. The lowest BCUT2D eigenvalue weighted by atomic mass is 10.0. The molecule has 1 saturated heterocycles. The predicted octanol–water partition coefficient (Wildman–Crippen LogP) is 3.28. The number of piperidine rings is 1. The number of alkyl halides is 3. The van der Waals surface area contributed by atoms with Gasteiger partial charge in [0.15, 0.2) is 6.10 Å². The quantitative estimate of drug-likeness (QED) is 0.826. The zero-order valence-corrected chi connectivity index (χ0v) is 16.6. The van der Waals surface area contributed by atoms with Crippen LogP contribution >= 0.6 is 0 Å². The van der Waals surface area contributed by atoms with E-state index in [1.54, 1.807) is 4.90 Å². The smallest absolute Gasteiger partial charge is 0.433 e. The molecule has 0 aliphatic carbocycles. The maximum Gasteiger partial charge on any atom is 0.433 e. The molecule has 0 unspecified atom stereocenters. The van der Waals surface area contributed by atoms with E-state index in [1.807, 2.05) is 24.3 Å². The molecule has 1 amide bonds. The first-order chi connectivity index (χ1) is 14.3. The zero-order chi connectivity index (χ0) is 21.3. The van der Waals surface area contributed by atoms with Gasteiger partial charge in [-0.2, -0.15) is 13.2 Å². The van der Waals surface area contributed by atoms with Crippen molar-refractivity contribution in [2.75, 3.05) is 18.0 Å². The Morgan fingerprint density at radius 1 is 1.17 bits per heavy atom. The number of aryl methyl sites for hydroxylation is 2. The van der Waals surface area contributed by atoms with E-state index in [4.69, 9.17) is 4.74 Å². The average molecular weight is 420 g/mol. The van der Waals surface area contributed by atoms with Gasteiger partial charge in [0.05, 0.1) is 0 Å². The lowest BCUT2D eigenvalue weighted by molar-refractivity contribution is -0.141. The number of halogens is 3. The number of hydrogen-bond donors (Lipinski definition) is 1. The van der Waals surface area contributed by atoms with E-state index in [2.05, 4.69) is 15.3 Å². The largest absolute Gasteiger partial charge is 0.480 e. The second-order valence-electron chi connectivity index (χ2n) is 7.68. The van der Waals surface area contributed by atoms with Gasteiger partial charge in [-0.1, -0.05) is 18.2 Å². The van der Waals surface area contributed by atoms with Crippen LogP contribution in [0.3, 0.4) is 0 Å². The molecule has 2 aromatic rings. The summed E-state index contributed by atoms with van der Waals surface area (Å²) in [5.41, 5.74) is 0.170. The Bertz CT molecular complexity index is 927. The lowest BCUT2D eigenvalue weighted by Gasteiger charge is -2.34. The van der Waals surface area contributed by atoms with Crippen LogP contribution in [-0.2, 0) is 17.4 Å². The van der Waals surface area contributed by atoms with Gasteiger partial charge in [0.1, 0.15) is 23.1 Å². The highest BCUT2D eigenvalue weighted by Crippen LogP contribution is 2.31. The van der Waals surface area contributed by atoms with Crippen molar-refractivity contribution in [2.45, 2.75) is 50.9 Å². The maximum absolute atomic E-state index is 13.0. The number of hydrogen-bond acceptors (Lipinski definition) is 5. The minimum Gasteiger partial charge on any atom is -0.480 e. The third kappa shape index (κ3) is 4.49. The third-order valence-corrected chi connectivity index (χ3v) is 5.49. The molecule has 30 heavy (non-hydrogen) atoms. The number of nitrogens with zero attached hydrogens (tertiary/aromatic N) is 3. The van der Waals surface area contributed by atoms with Crippen LogP contribution in [-0.4, -0.2) is 41.1 Å².